The minimum absolute atomic E-state index is 0.862. The highest BCUT2D eigenvalue weighted by Crippen LogP contribution is 2.13. The van der Waals surface area contributed by atoms with E-state index in [9.17, 15) is 0 Å². The highest BCUT2D eigenvalue weighted by Gasteiger charge is 2.11. The topological polar surface area (TPSA) is 25.4 Å². The highest BCUT2D eigenvalue weighted by atomic mass is 127. The lowest BCUT2D eigenvalue weighted by molar-refractivity contribution is 0.0337. The molecule has 0 amide bonds. The lowest BCUT2D eigenvalue weighted by atomic mass is 10.4. The lowest BCUT2D eigenvalue weighted by Crippen LogP contribution is -2.35. The molecule has 0 spiro atoms. The number of aromatic nitrogens is 1. The second-order valence-electron chi connectivity index (χ2n) is 2.98. The maximum absolute atomic E-state index is 5.28. The number of rotatable bonds is 2. The molecule has 1 saturated heterocycles. The minimum atomic E-state index is 0.862. The maximum Gasteiger partial charge on any atom is 0.154 e. The van der Waals surface area contributed by atoms with Crippen LogP contribution >= 0.6 is 33.9 Å². The predicted octanol–water partition coefficient (Wildman–Crippen LogP) is 1.58. The molecule has 0 radical (unpaired) electrons. The molecule has 0 unspecified atom stereocenters. The molecule has 1 fully saturated rings. The Morgan fingerprint density at radius 2 is 2.31 bits per heavy atom. The van der Waals surface area contributed by atoms with E-state index in [0.717, 1.165) is 35.9 Å². The molecule has 1 aliphatic heterocycles. The van der Waals surface area contributed by atoms with E-state index in [-0.39, 0.29) is 0 Å². The predicted molar refractivity (Wildman–Crippen MR) is 60.9 cm³/mol. The first-order valence-corrected chi connectivity index (χ1v) is 6.20. The summed E-state index contributed by atoms with van der Waals surface area (Å²) in [5.41, 5.74) is 1.19. The van der Waals surface area contributed by atoms with Crippen molar-refractivity contribution in [1.82, 2.24) is 9.88 Å². The van der Waals surface area contributed by atoms with Crippen molar-refractivity contribution >= 4 is 33.9 Å². The number of hydrogen-bond donors (Lipinski definition) is 0. The van der Waals surface area contributed by atoms with Crippen LogP contribution in [0.3, 0.4) is 0 Å². The Bertz CT molecular complexity index is 273. The monoisotopic (exact) mass is 310 g/mol. The van der Waals surface area contributed by atoms with Crippen LogP contribution in [0.5, 0.6) is 0 Å². The van der Waals surface area contributed by atoms with Gasteiger partial charge >= 0.3 is 0 Å². The maximum atomic E-state index is 5.28. The quantitative estimate of drug-likeness (QED) is 0.776. The smallest absolute Gasteiger partial charge is 0.154 e. The van der Waals surface area contributed by atoms with E-state index in [1.54, 1.807) is 11.3 Å². The highest BCUT2D eigenvalue weighted by molar-refractivity contribution is 14.1. The first kappa shape index (κ1) is 9.82. The fourth-order valence-electron chi connectivity index (χ4n) is 1.34. The van der Waals surface area contributed by atoms with Gasteiger partial charge in [-0.3, -0.25) is 4.90 Å². The molecule has 13 heavy (non-hydrogen) atoms. The number of halogens is 1. The molecule has 3 nitrogen and oxygen atoms in total. The Hall–Kier alpha value is 0.280. The summed E-state index contributed by atoms with van der Waals surface area (Å²) in [5, 5.41) is 2.14. The number of ether oxygens (including phenoxy) is 1. The van der Waals surface area contributed by atoms with Crippen molar-refractivity contribution in [3.63, 3.8) is 0 Å². The van der Waals surface area contributed by atoms with Crippen molar-refractivity contribution in [2.24, 2.45) is 0 Å². The molecule has 1 aliphatic rings. The van der Waals surface area contributed by atoms with Gasteiger partial charge in [0, 0.05) is 25.0 Å². The number of morpholine rings is 1. The van der Waals surface area contributed by atoms with Crippen LogP contribution in [0.15, 0.2) is 5.38 Å². The van der Waals surface area contributed by atoms with Crippen molar-refractivity contribution in [3.8, 4) is 0 Å². The zero-order valence-corrected chi connectivity index (χ0v) is 10.2. The summed E-state index contributed by atoms with van der Waals surface area (Å²) in [4.78, 5) is 6.81. The van der Waals surface area contributed by atoms with Crippen LogP contribution in [-0.4, -0.2) is 36.2 Å². The largest absolute Gasteiger partial charge is 0.379 e. The fourth-order valence-corrected chi connectivity index (χ4v) is 2.56. The third kappa shape index (κ3) is 2.87. The molecule has 2 heterocycles. The molecule has 72 valence electrons. The summed E-state index contributed by atoms with van der Waals surface area (Å²) in [6.45, 7) is 4.77. The van der Waals surface area contributed by atoms with Gasteiger partial charge in [0.25, 0.3) is 0 Å². The molecule has 0 bridgehead atoms. The Labute approximate surface area is 95.2 Å². The molecular weight excluding hydrogens is 299 g/mol. The van der Waals surface area contributed by atoms with Crippen molar-refractivity contribution in [1.29, 1.82) is 0 Å². The van der Waals surface area contributed by atoms with Crippen LogP contribution in [0.2, 0.25) is 0 Å². The Morgan fingerprint density at radius 1 is 1.54 bits per heavy atom. The van der Waals surface area contributed by atoms with Gasteiger partial charge in [-0.15, -0.1) is 11.3 Å². The third-order valence-electron chi connectivity index (χ3n) is 2.01. The van der Waals surface area contributed by atoms with Crippen molar-refractivity contribution in [2.75, 3.05) is 26.3 Å². The van der Waals surface area contributed by atoms with Crippen molar-refractivity contribution in [2.45, 2.75) is 6.54 Å². The Morgan fingerprint density at radius 3 is 2.92 bits per heavy atom. The standard InChI is InChI=1S/C8H11IN2OS/c9-8-10-7(6-13-8)5-11-1-3-12-4-2-11/h6H,1-5H2. The van der Waals surface area contributed by atoms with Gasteiger partial charge in [0.1, 0.15) is 0 Å². The molecule has 1 aromatic rings. The van der Waals surface area contributed by atoms with E-state index in [1.165, 1.54) is 5.69 Å². The van der Waals surface area contributed by atoms with E-state index in [1.807, 2.05) is 0 Å². The third-order valence-corrected chi connectivity index (χ3v) is 3.69. The van der Waals surface area contributed by atoms with Gasteiger partial charge in [-0.05, 0) is 22.6 Å². The van der Waals surface area contributed by atoms with E-state index in [4.69, 9.17) is 4.74 Å². The summed E-state index contributed by atoms with van der Waals surface area (Å²) in [5.74, 6) is 0. The first-order chi connectivity index (χ1) is 6.34. The summed E-state index contributed by atoms with van der Waals surface area (Å²) >= 11 is 3.97. The van der Waals surface area contributed by atoms with E-state index in [2.05, 4.69) is 37.9 Å². The Kier molecular flexibility index (Phi) is 3.53. The van der Waals surface area contributed by atoms with Crippen LogP contribution in [0, 0.1) is 3.01 Å². The van der Waals surface area contributed by atoms with Crippen molar-refractivity contribution in [3.05, 3.63) is 14.1 Å². The van der Waals surface area contributed by atoms with E-state index >= 15 is 0 Å². The molecule has 5 heteroatoms. The van der Waals surface area contributed by atoms with Gasteiger partial charge in [0.2, 0.25) is 0 Å². The summed E-state index contributed by atoms with van der Waals surface area (Å²) in [7, 11) is 0. The zero-order valence-electron chi connectivity index (χ0n) is 7.20. The first-order valence-electron chi connectivity index (χ1n) is 4.24. The summed E-state index contributed by atoms with van der Waals surface area (Å²) < 4.78 is 6.41. The fraction of sp³-hybridized carbons (Fsp3) is 0.625. The number of nitrogens with zero attached hydrogens (tertiary/aromatic N) is 2. The van der Waals surface area contributed by atoms with E-state index in [0.29, 0.717) is 0 Å². The number of thiazole rings is 1. The van der Waals surface area contributed by atoms with Crippen molar-refractivity contribution < 1.29 is 4.74 Å². The molecular formula is C8H11IN2OS. The van der Waals surface area contributed by atoms with Crippen LogP contribution in [0.4, 0.5) is 0 Å². The molecule has 0 aliphatic carbocycles. The second kappa shape index (κ2) is 4.68. The van der Waals surface area contributed by atoms with Crippen LogP contribution in [0.25, 0.3) is 0 Å². The van der Waals surface area contributed by atoms with Gasteiger partial charge in [-0.25, -0.2) is 4.98 Å². The number of hydrogen-bond acceptors (Lipinski definition) is 4. The summed E-state index contributed by atoms with van der Waals surface area (Å²) in [6.07, 6.45) is 0. The molecule has 0 atom stereocenters. The molecule has 0 saturated carbocycles. The van der Waals surface area contributed by atoms with Gasteiger partial charge in [-0.2, -0.15) is 0 Å². The normalized spacial score (nSPS) is 19.2. The van der Waals surface area contributed by atoms with Crippen LogP contribution in [-0.2, 0) is 11.3 Å². The van der Waals surface area contributed by atoms with Crippen LogP contribution < -0.4 is 0 Å². The average molecular weight is 310 g/mol. The average Bonchev–Trinajstić information content (AvgIpc) is 2.53. The van der Waals surface area contributed by atoms with Gasteiger partial charge in [-0.1, -0.05) is 0 Å². The zero-order chi connectivity index (χ0) is 9.10. The van der Waals surface area contributed by atoms with Gasteiger partial charge < -0.3 is 4.74 Å². The van der Waals surface area contributed by atoms with Gasteiger partial charge in [0.15, 0.2) is 3.01 Å². The molecule has 0 aromatic carbocycles. The SMILES string of the molecule is Ic1nc(CN2CCOCC2)cs1. The van der Waals surface area contributed by atoms with E-state index < -0.39 is 0 Å². The Balaban J connectivity index is 1.89. The molecule has 2 rings (SSSR count). The summed E-state index contributed by atoms with van der Waals surface area (Å²) in [6, 6.07) is 0. The van der Waals surface area contributed by atoms with Crippen LogP contribution in [0.1, 0.15) is 5.69 Å². The minimum Gasteiger partial charge on any atom is -0.379 e. The van der Waals surface area contributed by atoms with Gasteiger partial charge in [0.05, 0.1) is 18.9 Å². The molecule has 1 aromatic heterocycles. The lowest BCUT2D eigenvalue weighted by Gasteiger charge is -2.25. The molecule has 0 N–H and O–H groups in total. The second-order valence-corrected chi connectivity index (χ2v) is 5.59.